The Morgan fingerprint density at radius 1 is 1.27 bits per heavy atom. The van der Waals surface area contributed by atoms with Crippen LogP contribution in [0.4, 0.5) is 5.69 Å². The third kappa shape index (κ3) is 4.46. The number of amides is 1. The topological polar surface area (TPSA) is 103 Å². The van der Waals surface area contributed by atoms with E-state index in [1.807, 2.05) is 16.9 Å². The van der Waals surface area contributed by atoms with Gasteiger partial charge in [-0.3, -0.25) is 14.6 Å². The van der Waals surface area contributed by atoms with Gasteiger partial charge in [0, 0.05) is 31.5 Å². The Morgan fingerprint density at radius 3 is 2.87 bits per heavy atom. The summed E-state index contributed by atoms with van der Waals surface area (Å²) in [5, 5.41) is 14.3. The zero-order valence-corrected chi connectivity index (χ0v) is 17.1. The van der Waals surface area contributed by atoms with Crippen molar-refractivity contribution in [2.45, 2.75) is 19.4 Å². The zero-order chi connectivity index (χ0) is 20.9. The highest BCUT2D eigenvalue weighted by molar-refractivity contribution is 6.03. The fourth-order valence-corrected chi connectivity index (χ4v) is 3.51. The number of methoxy groups -OCH3 is 2. The van der Waals surface area contributed by atoms with Crippen molar-refractivity contribution in [3.8, 4) is 22.8 Å². The number of hydrogen-bond donors (Lipinski definition) is 2. The molecule has 2 N–H and O–H groups in total. The Labute approximate surface area is 174 Å². The minimum absolute atomic E-state index is 0.291. The van der Waals surface area contributed by atoms with Crippen molar-refractivity contribution in [2.24, 2.45) is 5.92 Å². The average Bonchev–Trinajstić information content (AvgIpc) is 3.44. The molecule has 0 aliphatic carbocycles. The van der Waals surface area contributed by atoms with Crippen LogP contribution >= 0.6 is 0 Å². The summed E-state index contributed by atoms with van der Waals surface area (Å²) in [6.07, 6.45) is 5.56. The maximum atomic E-state index is 12.6. The SMILES string of the molecule is COc1ccc(OC)c(-c2cc(C(=O)Nc3cnn(CC4CCOCC4)c3)[nH]n2)c1. The highest BCUT2D eigenvalue weighted by atomic mass is 16.5. The smallest absolute Gasteiger partial charge is 0.273 e. The molecule has 4 rings (SSSR count). The third-order valence-electron chi connectivity index (χ3n) is 5.18. The zero-order valence-electron chi connectivity index (χ0n) is 17.1. The van der Waals surface area contributed by atoms with Gasteiger partial charge in [0.15, 0.2) is 0 Å². The number of carbonyl (C=O) groups excluding carboxylic acids is 1. The summed E-state index contributed by atoms with van der Waals surface area (Å²) in [7, 11) is 3.18. The largest absolute Gasteiger partial charge is 0.497 e. The molecule has 1 amide bonds. The summed E-state index contributed by atoms with van der Waals surface area (Å²) in [6.45, 7) is 2.43. The number of nitrogens with one attached hydrogen (secondary N) is 2. The Morgan fingerprint density at radius 2 is 2.10 bits per heavy atom. The van der Waals surface area contributed by atoms with Crippen LogP contribution in [-0.2, 0) is 11.3 Å². The van der Waals surface area contributed by atoms with Gasteiger partial charge in [-0.2, -0.15) is 10.2 Å². The molecular weight excluding hydrogens is 386 g/mol. The molecule has 158 valence electrons. The second-order valence-electron chi connectivity index (χ2n) is 7.19. The van der Waals surface area contributed by atoms with Crippen molar-refractivity contribution in [1.82, 2.24) is 20.0 Å². The van der Waals surface area contributed by atoms with Crippen LogP contribution in [0.3, 0.4) is 0 Å². The Kier molecular flexibility index (Phi) is 5.99. The molecule has 9 nitrogen and oxygen atoms in total. The first-order valence-electron chi connectivity index (χ1n) is 9.85. The van der Waals surface area contributed by atoms with E-state index in [4.69, 9.17) is 14.2 Å². The van der Waals surface area contributed by atoms with Crippen LogP contribution < -0.4 is 14.8 Å². The second-order valence-corrected chi connectivity index (χ2v) is 7.19. The highest BCUT2D eigenvalue weighted by Gasteiger charge is 2.17. The molecule has 2 aromatic heterocycles. The Bertz CT molecular complexity index is 1010. The number of nitrogens with zero attached hydrogens (tertiary/aromatic N) is 3. The van der Waals surface area contributed by atoms with Gasteiger partial charge in [0.2, 0.25) is 0 Å². The summed E-state index contributed by atoms with van der Waals surface area (Å²) >= 11 is 0. The number of aromatic amines is 1. The lowest BCUT2D eigenvalue weighted by atomic mass is 10.0. The van der Waals surface area contributed by atoms with Crippen LogP contribution in [-0.4, -0.2) is 53.3 Å². The molecular formula is C21H25N5O4. The molecule has 1 saturated heterocycles. The molecule has 0 unspecified atom stereocenters. The number of aromatic nitrogens is 4. The van der Waals surface area contributed by atoms with Crippen molar-refractivity contribution in [2.75, 3.05) is 32.8 Å². The molecule has 0 radical (unpaired) electrons. The van der Waals surface area contributed by atoms with Gasteiger partial charge >= 0.3 is 0 Å². The van der Waals surface area contributed by atoms with Gasteiger partial charge in [0.25, 0.3) is 5.91 Å². The van der Waals surface area contributed by atoms with Gasteiger partial charge in [-0.1, -0.05) is 0 Å². The van der Waals surface area contributed by atoms with Crippen LogP contribution in [0.15, 0.2) is 36.7 Å². The standard InChI is InChI=1S/C21H25N5O4/c1-28-16-3-4-20(29-2)17(9-16)18-10-19(25-24-18)21(27)23-15-11-22-26(13-15)12-14-5-7-30-8-6-14/h3-4,9-11,13-14H,5-8,12H2,1-2H3,(H,23,27)(H,24,25). The molecule has 1 aromatic carbocycles. The fourth-order valence-electron chi connectivity index (χ4n) is 3.51. The molecule has 3 heterocycles. The summed E-state index contributed by atoms with van der Waals surface area (Å²) in [5.74, 6) is 1.58. The van der Waals surface area contributed by atoms with Gasteiger partial charge < -0.3 is 19.5 Å². The lowest BCUT2D eigenvalue weighted by molar-refractivity contribution is 0.0601. The molecule has 0 saturated carbocycles. The summed E-state index contributed by atoms with van der Waals surface area (Å²) < 4.78 is 17.9. The minimum atomic E-state index is -0.291. The quantitative estimate of drug-likeness (QED) is 0.620. The summed E-state index contributed by atoms with van der Waals surface area (Å²) in [5.41, 5.74) is 2.30. The van der Waals surface area contributed by atoms with E-state index in [0.29, 0.717) is 34.5 Å². The van der Waals surface area contributed by atoms with Crippen molar-refractivity contribution >= 4 is 11.6 Å². The maximum absolute atomic E-state index is 12.6. The van der Waals surface area contributed by atoms with E-state index >= 15 is 0 Å². The minimum Gasteiger partial charge on any atom is -0.497 e. The average molecular weight is 411 g/mol. The van der Waals surface area contributed by atoms with Crippen molar-refractivity contribution in [3.05, 3.63) is 42.4 Å². The first-order valence-corrected chi connectivity index (χ1v) is 9.85. The number of hydrogen-bond acceptors (Lipinski definition) is 6. The molecule has 0 atom stereocenters. The highest BCUT2D eigenvalue weighted by Crippen LogP contribution is 2.32. The van der Waals surface area contributed by atoms with Crippen molar-refractivity contribution in [1.29, 1.82) is 0 Å². The van der Waals surface area contributed by atoms with Gasteiger partial charge in [0.05, 0.1) is 31.8 Å². The monoisotopic (exact) mass is 411 g/mol. The van der Waals surface area contributed by atoms with Crippen LogP contribution in [0.2, 0.25) is 0 Å². The third-order valence-corrected chi connectivity index (χ3v) is 5.18. The summed E-state index contributed by atoms with van der Waals surface area (Å²) in [6, 6.07) is 7.10. The van der Waals surface area contributed by atoms with Crippen molar-refractivity contribution < 1.29 is 19.0 Å². The second kappa shape index (κ2) is 9.00. The Hall–Kier alpha value is -3.33. The fraction of sp³-hybridized carbons (Fsp3) is 0.381. The number of anilines is 1. The number of benzene rings is 1. The Balaban J connectivity index is 1.44. The first-order chi connectivity index (χ1) is 14.7. The van der Waals surface area contributed by atoms with E-state index < -0.39 is 0 Å². The molecule has 0 spiro atoms. The van der Waals surface area contributed by atoms with E-state index in [0.717, 1.165) is 38.2 Å². The van der Waals surface area contributed by atoms with Gasteiger partial charge in [0.1, 0.15) is 17.2 Å². The molecule has 3 aromatic rings. The van der Waals surface area contributed by atoms with Gasteiger partial charge in [-0.05, 0) is 43.0 Å². The van der Waals surface area contributed by atoms with E-state index in [1.54, 1.807) is 38.6 Å². The number of rotatable bonds is 7. The van der Waals surface area contributed by atoms with Gasteiger partial charge in [-0.25, -0.2) is 0 Å². The van der Waals surface area contributed by atoms with E-state index in [1.165, 1.54) is 0 Å². The van der Waals surface area contributed by atoms with Crippen LogP contribution in [0.1, 0.15) is 23.3 Å². The maximum Gasteiger partial charge on any atom is 0.273 e. The summed E-state index contributed by atoms with van der Waals surface area (Å²) in [4.78, 5) is 12.6. The van der Waals surface area contributed by atoms with Gasteiger partial charge in [-0.15, -0.1) is 0 Å². The van der Waals surface area contributed by atoms with Crippen LogP contribution in [0.25, 0.3) is 11.3 Å². The predicted molar refractivity (Wildman–Crippen MR) is 111 cm³/mol. The predicted octanol–water partition coefficient (Wildman–Crippen LogP) is 2.97. The number of ether oxygens (including phenoxy) is 3. The molecule has 1 fully saturated rings. The molecule has 1 aliphatic heterocycles. The van der Waals surface area contributed by atoms with E-state index in [9.17, 15) is 4.79 Å². The van der Waals surface area contributed by atoms with E-state index in [-0.39, 0.29) is 5.91 Å². The van der Waals surface area contributed by atoms with Crippen LogP contribution in [0.5, 0.6) is 11.5 Å². The number of H-pyrrole nitrogens is 1. The lowest BCUT2D eigenvalue weighted by Crippen LogP contribution is -2.20. The molecule has 0 bridgehead atoms. The van der Waals surface area contributed by atoms with Crippen molar-refractivity contribution in [3.63, 3.8) is 0 Å². The molecule has 9 heteroatoms. The lowest BCUT2D eigenvalue weighted by Gasteiger charge is -2.21. The van der Waals surface area contributed by atoms with Crippen LogP contribution in [0, 0.1) is 5.92 Å². The van der Waals surface area contributed by atoms with E-state index in [2.05, 4.69) is 20.6 Å². The molecule has 30 heavy (non-hydrogen) atoms. The number of carbonyl (C=O) groups is 1. The first kappa shape index (κ1) is 20.0. The molecule has 1 aliphatic rings. The normalized spacial score (nSPS) is 14.5.